The summed E-state index contributed by atoms with van der Waals surface area (Å²) in [5, 5.41) is 2.61. The Balaban J connectivity index is 2.10. The second kappa shape index (κ2) is 9.42. The SMILES string of the molecule is COCCOc1ccc(C(F)(F)F)cc1NC(=O)CSc1nccc(=O)[nH]1. The molecule has 27 heavy (non-hydrogen) atoms. The minimum atomic E-state index is -4.56. The molecule has 0 aliphatic heterocycles. The summed E-state index contributed by atoms with van der Waals surface area (Å²) >= 11 is 0.937. The molecular weight excluding hydrogens is 387 g/mol. The zero-order valence-corrected chi connectivity index (χ0v) is 14.9. The molecule has 0 bridgehead atoms. The Morgan fingerprint density at radius 3 is 2.74 bits per heavy atom. The number of rotatable bonds is 8. The summed E-state index contributed by atoms with van der Waals surface area (Å²) in [4.78, 5) is 29.6. The predicted molar refractivity (Wildman–Crippen MR) is 93.0 cm³/mol. The van der Waals surface area contributed by atoms with E-state index in [1.165, 1.54) is 19.4 Å². The molecule has 1 aromatic heterocycles. The molecule has 1 heterocycles. The van der Waals surface area contributed by atoms with E-state index in [0.29, 0.717) is 0 Å². The Kier molecular flexibility index (Phi) is 7.25. The molecule has 0 radical (unpaired) electrons. The molecule has 2 aromatic rings. The molecule has 2 N–H and O–H groups in total. The number of hydrogen-bond acceptors (Lipinski definition) is 6. The Morgan fingerprint density at radius 1 is 1.30 bits per heavy atom. The number of methoxy groups -OCH3 is 1. The summed E-state index contributed by atoms with van der Waals surface area (Å²) in [6.07, 6.45) is -3.28. The fraction of sp³-hybridized carbons (Fsp3) is 0.312. The van der Waals surface area contributed by atoms with E-state index in [2.05, 4.69) is 15.3 Å². The van der Waals surface area contributed by atoms with Crippen LogP contribution in [0, 0.1) is 0 Å². The average Bonchev–Trinajstić information content (AvgIpc) is 2.60. The van der Waals surface area contributed by atoms with Gasteiger partial charge in [0.05, 0.1) is 23.6 Å². The first kappa shape index (κ1) is 20.8. The van der Waals surface area contributed by atoms with E-state index < -0.39 is 17.6 Å². The molecule has 0 spiro atoms. The van der Waals surface area contributed by atoms with Crippen molar-refractivity contribution in [1.29, 1.82) is 0 Å². The van der Waals surface area contributed by atoms with Crippen LogP contribution in [0.2, 0.25) is 0 Å². The summed E-state index contributed by atoms with van der Waals surface area (Å²) in [6, 6.07) is 4.02. The highest BCUT2D eigenvalue weighted by atomic mass is 32.2. The molecule has 2 rings (SSSR count). The minimum Gasteiger partial charge on any atom is -0.489 e. The Labute approximate surface area is 156 Å². The van der Waals surface area contributed by atoms with Crippen LogP contribution in [0.15, 0.2) is 40.4 Å². The van der Waals surface area contributed by atoms with Gasteiger partial charge in [-0.2, -0.15) is 13.2 Å². The first-order valence-electron chi connectivity index (χ1n) is 7.60. The molecule has 11 heteroatoms. The number of anilines is 1. The highest BCUT2D eigenvalue weighted by Gasteiger charge is 2.31. The number of nitrogens with zero attached hydrogens (tertiary/aromatic N) is 1. The van der Waals surface area contributed by atoms with Gasteiger partial charge in [0, 0.05) is 19.4 Å². The van der Waals surface area contributed by atoms with E-state index in [1.807, 2.05) is 0 Å². The van der Waals surface area contributed by atoms with Crippen LogP contribution >= 0.6 is 11.8 Å². The van der Waals surface area contributed by atoms with Gasteiger partial charge in [0.25, 0.3) is 5.56 Å². The van der Waals surface area contributed by atoms with Gasteiger partial charge in [-0.25, -0.2) is 4.98 Å². The average molecular weight is 403 g/mol. The standard InChI is InChI=1S/C16H16F3N3O4S/c1-25-6-7-26-12-3-2-10(16(17,18)19)8-11(12)21-14(24)9-27-15-20-5-4-13(23)22-15/h2-5,8H,6-7,9H2,1H3,(H,21,24)(H,20,22,23). The number of hydrogen-bond donors (Lipinski definition) is 2. The van der Waals surface area contributed by atoms with Crippen molar-refractivity contribution in [3.05, 3.63) is 46.4 Å². The maximum atomic E-state index is 12.9. The van der Waals surface area contributed by atoms with E-state index in [1.54, 1.807) is 0 Å². The number of carbonyl (C=O) groups excluding carboxylic acids is 1. The highest BCUT2D eigenvalue weighted by Crippen LogP contribution is 2.35. The third kappa shape index (κ3) is 6.61. The van der Waals surface area contributed by atoms with Crippen LogP contribution in [-0.2, 0) is 15.7 Å². The Bertz CT molecular complexity index is 842. The lowest BCUT2D eigenvalue weighted by molar-refractivity contribution is -0.137. The fourth-order valence-electron chi connectivity index (χ4n) is 1.91. The zero-order chi connectivity index (χ0) is 19.9. The number of ether oxygens (including phenoxy) is 2. The van der Waals surface area contributed by atoms with Gasteiger partial charge in [-0.1, -0.05) is 11.8 Å². The van der Waals surface area contributed by atoms with Crippen LogP contribution in [0.1, 0.15) is 5.56 Å². The lowest BCUT2D eigenvalue weighted by Gasteiger charge is -2.15. The van der Waals surface area contributed by atoms with E-state index in [4.69, 9.17) is 9.47 Å². The van der Waals surface area contributed by atoms with Crippen molar-refractivity contribution in [3.63, 3.8) is 0 Å². The van der Waals surface area contributed by atoms with Crippen LogP contribution in [0.25, 0.3) is 0 Å². The zero-order valence-electron chi connectivity index (χ0n) is 14.1. The second-order valence-corrected chi connectivity index (χ2v) is 6.09. The smallest absolute Gasteiger partial charge is 0.416 e. The molecule has 1 amide bonds. The highest BCUT2D eigenvalue weighted by molar-refractivity contribution is 7.99. The maximum Gasteiger partial charge on any atom is 0.416 e. The van der Waals surface area contributed by atoms with Gasteiger partial charge in [0.1, 0.15) is 12.4 Å². The lowest BCUT2D eigenvalue weighted by Crippen LogP contribution is -2.17. The van der Waals surface area contributed by atoms with Gasteiger partial charge in [-0.15, -0.1) is 0 Å². The quantitative estimate of drug-likeness (QED) is 0.400. The number of aromatic nitrogens is 2. The van der Waals surface area contributed by atoms with Crippen molar-refractivity contribution < 1.29 is 27.4 Å². The number of amides is 1. The predicted octanol–water partition coefficient (Wildman–Crippen LogP) is 2.54. The van der Waals surface area contributed by atoms with Gasteiger partial charge in [-0.3, -0.25) is 9.59 Å². The fourth-order valence-corrected chi connectivity index (χ4v) is 2.56. The molecule has 0 unspecified atom stereocenters. The monoisotopic (exact) mass is 403 g/mol. The molecular formula is C16H16F3N3O4S. The lowest BCUT2D eigenvalue weighted by atomic mass is 10.1. The molecule has 0 fully saturated rings. The van der Waals surface area contributed by atoms with E-state index in [-0.39, 0.29) is 41.1 Å². The van der Waals surface area contributed by atoms with Crippen molar-refractivity contribution in [3.8, 4) is 5.75 Å². The van der Waals surface area contributed by atoms with Crippen LogP contribution < -0.4 is 15.6 Å². The van der Waals surface area contributed by atoms with Crippen LogP contribution in [0.5, 0.6) is 5.75 Å². The molecule has 146 valence electrons. The summed E-state index contributed by atoms with van der Waals surface area (Å²) in [5.41, 5.74) is -1.40. The van der Waals surface area contributed by atoms with Crippen LogP contribution in [-0.4, -0.2) is 42.0 Å². The van der Waals surface area contributed by atoms with Gasteiger partial charge < -0.3 is 19.8 Å². The number of alkyl halides is 3. The molecule has 0 saturated carbocycles. The van der Waals surface area contributed by atoms with Gasteiger partial charge in [0.2, 0.25) is 5.91 Å². The first-order valence-corrected chi connectivity index (χ1v) is 8.59. The Hall–Kier alpha value is -2.53. The summed E-state index contributed by atoms with van der Waals surface area (Å²) in [6.45, 7) is 0.339. The molecule has 7 nitrogen and oxygen atoms in total. The van der Waals surface area contributed by atoms with Crippen molar-refractivity contribution >= 4 is 23.4 Å². The number of carbonyl (C=O) groups is 1. The number of halogens is 3. The normalized spacial score (nSPS) is 11.3. The number of nitrogens with one attached hydrogen (secondary N) is 2. The van der Waals surface area contributed by atoms with E-state index in [9.17, 15) is 22.8 Å². The van der Waals surface area contributed by atoms with Crippen molar-refractivity contribution in [2.24, 2.45) is 0 Å². The summed E-state index contributed by atoms with van der Waals surface area (Å²) < 4.78 is 49.0. The first-order chi connectivity index (χ1) is 12.8. The largest absolute Gasteiger partial charge is 0.489 e. The number of aromatic amines is 1. The van der Waals surface area contributed by atoms with E-state index >= 15 is 0 Å². The molecule has 0 atom stereocenters. The topological polar surface area (TPSA) is 93.3 Å². The molecule has 0 aliphatic rings. The maximum absolute atomic E-state index is 12.9. The summed E-state index contributed by atoms with van der Waals surface area (Å²) in [5.74, 6) is -0.659. The third-order valence-corrected chi connectivity index (χ3v) is 4.00. The van der Waals surface area contributed by atoms with Crippen LogP contribution in [0.4, 0.5) is 18.9 Å². The minimum absolute atomic E-state index is 0.0876. The van der Waals surface area contributed by atoms with Crippen molar-refractivity contribution in [2.45, 2.75) is 11.3 Å². The van der Waals surface area contributed by atoms with E-state index in [0.717, 1.165) is 30.0 Å². The molecule has 1 aromatic carbocycles. The Morgan fingerprint density at radius 2 is 2.07 bits per heavy atom. The van der Waals surface area contributed by atoms with Gasteiger partial charge in [0.15, 0.2) is 5.16 Å². The van der Waals surface area contributed by atoms with Crippen molar-refractivity contribution in [1.82, 2.24) is 9.97 Å². The third-order valence-electron chi connectivity index (χ3n) is 3.11. The number of thioether (sulfide) groups is 1. The second-order valence-electron chi connectivity index (χ2n) is 5.13. The molecule has 0 aliphatic carbocycles. The summed E-state index contributed by atoms with van der Waals surface area (Å²) in [7, 11) is 1.46. The molecule has 0 saturated heterocycles. The van der Waals surface area contributed by atoms with Gasteiger partial charge in [-0.05, 0) is 18.2 Å². The van der Waals surface area contributed by atoms with Crippen LogP contribution in [0.3, 0.4) is 0 Å². The number of benzene rings is 1. The van der Waals surface area contributed by atoms with Crippen molar-refractivity contribution in [2.75, 3.05) is 31.4 Å². The van der Waals surface area contributed by atoms with Gasteiger partial charge >= 0.3 is 6.18 Å². The number of H-pyrrole nitrogens is 1.